The first-order valence-electron chi connectivity index (χ1n) is 28.9. The molecule has 2 rings (SSSR count). The first kappa shape index (κ1) is 66.1. The Balaban J connectivity index is 1.81. The van der Waals surface area contributed by atoms with E-state index >= 15 is 0 Å². The third-order valence-electron chi connectivity index (χ3n) is 14.0. The molecule has 0 aromatic rings. The number of aliphatic hydroxyl groups excluding tert-OH is 8. The fourth-order valence-corrected chi connectivity index (χ4v) is 9.26. The fraction of sp³-hybridized carbons (Fsp3) is 0.845. The summed E-state index contributed by atoms with van der Waals surface area (Å²) >= 11 is 0. The van der Waals surface area contributed by atoms with Crippen molar-refractivity contribution in [1.82, 2.24) is 5.32 Å². The van der Waals surface area contributed by atoms with Gasteiger partial charge in [-0.1, -0.05) is 191 Å². The van der Waals surface area contributed by atoms with Crippen LogP contribution in [0.15, 0.2) is 48.6 Å². The average molecular weight is 1020 g/mol. The number of hydrogen-bond donors (Lipinski definition) is 9. The second kappa shape index (κ2) is 44.1. The van der Waals surface area contributed by atoms with Gasteiger partial charge < -0.3 is 65.1 Å². The average Bonchev–Trinajstić information content (AvgIpc) is 3.38. The zero-order valence-electron chi connectivity index (χ0n) is 44.9. The molecule has 0 saturated carbocycles. The van der Waals surface area contributed by atoms with Crippen LogP contribution in [0.4, 0.5) is 0 Å². The second-order valence-electron chi connectivity index (χ2n) is 20.4. The fourth-order valence-electron chi connectivity index (χ4n) is 9.26. The number of ether oxygens (including phenoxy) is 4. The summed E-state index contributed by atoms with van der Waals surface area (Å²) in [6.45, 7) is 2.76. The van der Waals surface area contributed by atoms with Crippen molar-refractivity contribution >= 4 is 5.91 Å². The molecular formula is C58H105NO13. The SMILES string of the molecule is CCCCCCCC/C=C\CCCCCCCC(=O)NC(COC1OC(CO)C(OC2OC(CO)C(O)C(O)C2O)C(O)C1O)C(O)/C=C/CC/C=C/CC/C=C/CCCCCCCCCCCCCCC. The third-order valence-corrected chi connectivity index (χ3v) is 14.0. The van der Waals surface area contributed by atoms with Crippen LogP contribution in [0, 0.1) is 0 Å². The normalized spacial score (nSPS) is 25.9. The van der Waals surface area contributed by atoms with Gasteiger partial charge in [0.15, 0.2) is 12.6 Å². The van der Waals surface area contributed by atoms with Gasteiger partial charge >= 0.3 is 0 Å². The molecular weight excluding hydrogens is 919 g/mol. The van der Waals surface area contributed by atoms with E-state index in [1.54, 1.807) is 6.08 Å². The van der Waals surface area contributed by atoms with Crippen LogP contribution in [0.25, 0.3) is 0 Å². The van der Waals surface area contributed by atoms with Crippen LogP contribution >= 0.6 is 0 Å². The minimum Gasteiger partial charge on any atom is -0.394 e. The molecule has 14 heteroatoms. The van der Waals surface area contributed by atoms with E-state index in [1.165, 1.54) is 122 Å². The maximum absolute atomic E-state index is 13.2. The summed E-state index contributed by atoms with van der Waals surface area (Å²) in [7, 11) is 0. The molecule has 2 aliphatic rings. The molecule has 0 bridgehead atoms. The zero-order chi connectivity index (χ0) is 52.4. The zero-order valence-corrected chi connectivity index (χ0v) is 44.9. The summed E-state index contributed by atoms with van der Waals surface area (Å²) in [6.07, 6.45) is 37.2. The van der Waals surface area contributed by atoms with Crippen molar-refractivity contribution < 1.29 is 64.6 Å². The molecule has 2 heterocycles. The molecule has 420 valence electrons. The molecule has 0 aliphatic carbocycles. The highest BCUT2D eigenvalue weighted by Gasteiger charge is 2.51. The molecule has 0 aromatic heterocycles. The molecule has 0 radical (unpaired) electrons. The van der Waals surface area contributed by atoms with Crippen LogP contribution in [0.2, 0.25) is 0 Å². The number of aliphatic hydroxyl groups is 8. The van der Waals surface area contributed by atoms with Gasteiger partial charge in [-0.25, -0.2) is 0 Å². The van der Waals surface area contributed by atoms with Gasteiger partial charge in [0.25, 0.3) is 0 Å². The lowest BCUT2D eigenvalue weighted by molar-refractivity contribution is -0.359. The predicted molar refractivity (Wildman–Crippen MR) is 286 cm³/mol. The van der Waals surface area contributed by atoms with E-state index < -0.39 is 86.8 Å². The molecule has 0 aromatic carbocycles. The van der Waals surface area contributed by atoms with Crippen molar-refractivity contribution in [2.45, 2.75) is 293 Å². The minimum atomic E-state index is -1.79. The largest absolute Gasteiger partial charge is 0.394 e. The van der Waals surface area contributed by atoms with Gasteiger partial charge in [-0.15, -0.1) is 0 Å². The van der Waals surface area contributed by atoms with Gasteiger partial charge in [-0.2, -0.15) is 0 Å². The maximum atomic E-state index is 13.2. The number of carbonyl (C=O) groups is 1. The monoisotopic (exact) mass is 1020 g/mol. The summed E-state index contributed by atoms with van der Waals surface area (Å²) in [6, 6.07) is -0.942. The van der Waals surface area contributed by atoms with E-state index in [2.05, 4.69) is 55.6 Å². The van der Waals surface area contributed by atoms with E-state index in [1.807, 2.05) is 6.08 Å². The summed E-state index contributed by atoms with van der Waals surface area (Å²) in [5.74, 6) is -0.263. The summed E-state index contributed by atoms with van der Waals surface area (Å²) in [5.41, 5.74) is 0. The van der Waals surface area contributed by atoms with Crippen LogP contribution in [-0.2, 0) is 23.7 Å². The van der Waals surface area contributed by atoms with Crippen molar-refractivity contribution in [2.75, 3.05) is 19.8 Å². The molecule has 72 heavy (non-hydrogen) atoms. The molecule has 14 nitrogen and oxygen atoms in total. The number of allylic oxidation sites excluding steroid dienone is 7. The van der Waals surface area contributed by atoms with Gasteiger partial charge in [0.1, 0.15) is 48.8 Å². The van der Waals surface area contributed by atoms with Gasteiger partial charge in [-0.05, 0) is 70.6 Å². The Morgan fingerprint density at radius 3 is 1.36 bits per heavy atom. The Bertz CT molecular complexity index is 1390. The van der Waals surface area contributed by atoms with Crippen LogP contribution in [0.1, 0.15) is 219 Å². The number of rotatable bonds is 45. The maximum Gasteiger partial charge on any atom is 0.220 e. The Kier molecular flexibility index (Phi) is 40.5. The Morgan fingerprint density at radius 2 is 0.889 bits per heavy atom. The lowest BCUT2D eigenvalue weighted by Gasteiger charge is -2.46. The highest BCUT2D eigenvalue weighted by atomic mass is 16.7. The Labute approximate surface area is 435 Å². The Morgan fingerprint density at radius 1 is 0.486 bits per heavy atom. The van der Waals surface area contributed by atoms with Crippen LogP contribution < -0.4 is 5.32 Å². The topological polar surface area (TPSA) is 228 Å². The predicted octanol–water partition coefficient (Wildman–Crippen LogP) is 9.22. The van der Waals surface area contributed by atoms with Crippen molar-refractivity contribution in [3.8, 4) is 0 Å². The lowest BCUT2D eigenvalue weighted by atomic mass is 9.97. The van der Waals surface area contributed by atoms with Crippen molar-refractivity contribution in [2.24, 2.45) is 0 Å². The molecule has 9 N–H and O–H groups in total. The van der Waals surface area contributed by atoms with Gasteiger partial charge in [0.2, 0.25) is 5.91 Å². The highest BCUT2D eigenvalue weighted by Crippen LogP contribution is 2.30. The van der Waals surface area contributed by atoms with Gasteiger partial charge in [0.05, 0.1) is 32.0 Å². The van der Waals surface area contributed by atoms with Crippen LogP contribution in [0.3, 0.4) is 0 Å². The number of unbranched alkanes of at least 4 members (excludes halogenated alkanes) is 26. The van der Waals surface area contributed by atoms with Crippen molar-refractivity contribution in [3.05, 3.63) is 48.6 Å². The number of hydrogen-bond acceptors (Lipinski definition) is 13. The van der Waals surface area contributed by atoms with Crippen LogP contribution in [-0.4, -0.2) is 140 Å². The van der Waals surface area contributed by atoms with E-state index in [0.717, 1.165) is 64.2 Å². The van der Waals surface area contributed by atoms with Crippen molar-refractivity contribution in [3.63, 3.8) is 0 Å². The first-order valence-corrected chi connectivity index (χ1v) is 28.9. The summed E-state index contributed by atoms with van der Waals surface area (Å²) in [4.78, 5) is 13.2. The Hall–Kier alpha value is -2.05. The standard InChI is InChI=1S/C58H105NO13/c1-3-5-7-9-11-13-15-17-19-20-21-22-23-24-25-26-28-29-31-33-35-37-39-41-47(62)46(59-50(63)42-40-38-36-34-32-30-27-18-16-14-12-10-8-6-4-2)45-69-57-55(68)53(66)56(49(44-61)71-57)72-58-54(67)52(65)51(64)48(43-60)70-58/h18,25-27,31,33,39,41,46-49,51-58,60-62,64-68H,3-17,19-24,28-30,32,34-38,40,42-45H2,1-2H3,(H,59,63)/b26-25+,27-18-,33-31+,41-39+. The number of nitrogens with one attached hydrogen (secondary N) is 1. The smallest absolute Gasteiger partial charge is 0.220 e. The molecule has 1 amide bonds. The van der Waals surface area contributed by atoms with Gasteiger partial charge in [-0.3, -0.25) is 4.79 Å². The minimum absolute atomic E-state index is 0.259. The van der Waals surface area contributed by atoms with E-state index in [9.17, 15) is 45.6 Å². The van der Waals surface area contributed by atoms with Gasteiger partial charge in [0, 0.05) is 6.42 Å². The first-order chi connectivity index (χ1) is 35.1. The molecule has 2 aliphatic heterocycles. The third kappa shape index (κ3) is 29.9. The van der Waals surface area contributed by atoms with Crippen molar-refractivity contribution in [1.29, 1.82) is 0 Å². The molecule has 12 unspecified atom stereocenters. The molecule has 2 saturated heterocycles. The van der Waals surface area contributed by atoms with E-state index in [0.29, 0.717) is 12.8 Å². The molecule has 2 fully saturated rings. The van der Waals surface area contributed by atoms with E-state index in [-0.39, 0.29) is 18.9 Å². The molecule has 12 atom stereocenters. The second-order valence-corrected chi connectivity index (χ2v) is 20.4. The highest BCUT2D eigenvalue weighted by molar-refractivity contribution is 5.76. The number of carbonyl (C=O) groups excluding carboxylic acids is 1. The van der Waals surface area contributed by atoms with E-state index in [4.69, 9.17) is 18.9 Å². The number of amides is 1. The quantitative estimate of drug-likeness (QED) is 0.0205. The lowest BCUT2D eigenvalue weighted by Crippen LogP contribution is -2.65. The van der Waals surface area contributed by atoms with Crippen LogP contribution in [0.5, 0.6) is 0 Å². The molecule has 0 spiro atoms. The summed E-state index contributed by atoms with van der Waals surface area (Å²) < 4.78 is 22.7. The summed E-state index contributed by atoms with van der Waals surface area (Å²) in [5, 5.41) is 86.9.